The molecule has 1 aromatic heterocycles. The Balaban J connectivity index is 1.91. The number of amides is 1. The third-order valence-corrected chi connectivity index (χ3v) is 2.67. The highest BCUT2D eigenvalue weighted by atomic mass is 16.5. The first-order valence-electron chi connectivity index (χ1n) is 6.34. The zero-order chi connectivity index (χ0) is 14.9. The van der Waals surface area contributed by atoms with E-state index in [0.29, 0.717) is 5.56 Å². The Morgan fingerprint density at radius 1 is 1.29 bits per heavy atom. The number of hydrazone groups is 1. The Kier molecular flexibility index (Phi) is 5.23. The highest BCUT2D eigenvalue weighted by molar-refractivity contribution is 5.94. The summed E-state index contributed by atoms with van der Waals surface area (Å²) in [6.07, 6.45) is 8.16. The molecule has 0 atom stereocenters. The lowest BCUT2D eigenvalue weighted by atomic mass is 10.2. The molecule has 106 valence electrons. The van der Waals surface area contributed by atoms with Crippen molar-refractivity contribution in [2.45, 2.75) is 0 Å². The molecule has 5 heteroatoms. The van der Waals surface area contributed by atoms with Gasteiger partial charge in [0.2, 0.25) is 0 Å². The van der Waals surface area contributed by atoms with Crippen molar-refractivity contribution >= 4 is 18.2 Å². The smallest absolute Gasteiger partial charge is 0.272 e. The topological polar surface area (TPSA) is 63.6 Å². The summed E-state index contributed by atoms with van der Waals surface area (Å²) in [5.41, 5.74) is 3.82. The lowest BCUT2D eigenvalue weighted by molar-refractivity contribution is 0.0955. The molecular formula is C16H15N3O2. The fraction of sp³-hybridized carbons (Fsp3) is 0.0625. The first-order valence-corrected chi connectivity index (χ1v) is 6.34. The second kappa shape index (κ2) is 7.59. The van der Waals surface area contributed by atoms with Crippen molar-refractivity contribution in [1.29, 1.82) is 0 Å². The van der Waals surface area contributed by atoms with Crippen LogP contribution in [-0.4, -0.2) is 24.2 Å². The average molecular weight is 281 g/mol. The molecule has 0 saturated heterocycles. The van der Waals surface area contributed by atoms with Gasteiger partial charge in [-0.2, -0.15) is 5.10 Å². The molecule has 0 fully saturated rings. The lowest BCUT2D eigenvalue weighted by Gasteiger charge is -2.02. The quantitative estimate of drug-likeness (QED) is 0.676. The van der Waals surface area contributed by atoms with Crippen molar-refractivity contribution in [3.05, 3.63) is 66.0 Å². The summed E-state index contributed by atoms with van der Waals surface area (Å²) in [6, 6.07) is 11.0. The average Bonchev–Trinajstić information content (AvgIpc) is 2.55. The summed E-state index contributed by atoms with van der Waals surface area (Å²) < 4.78 is 5.23. The molecule has 1 N–H and O–H groups in total. The van der Waals surface area contributed by atoms with E-state index in [0.717, 1.165) is 11.3 Å². The summed E-state index contributed by atoms with van der Waals surface area (Å²) in [5.74, 6) is 0.478. The number of nitrogens with zero attached hydrogens (tertiary/aromatic N) is 2. The van der Waals surface area contributed by atoms with E-state index >= 15 is 0 Å². The van der Waals surface area contributed by atoms with Gasteiger partial charge < -0.3 is 4.74 Å². The molecule has 0 unspecified atom stereocenters. The molecule has 0 saturated carbocycles. The number of allylic oxidation sites excluding steroid dienone is 1. The van der Waals surface area contributed by atoms with Gasteiger partial charge in [0.15, 0.2) is 0 Å². The Morgan fingerprint density at radius 2 is 2.14 bits per heavy atom. The van der Waals surface area contributed by atoms with E-state index in [2.05, 4.69) is 15.5 Å². The Hall–Kier alpha value is -2.95. The summed E-state index contributed by atoms with van der Waals surface area (Å²) >= 11 is 0. The van der Waals surface area contributed by atoms with E-state index in [9.17, 15) is 4.79 Å². The fourth-order valence-corrected chi connectivity index (χ4v) is 1.65. The highest BCUT2D eigenvalue weighted by Crippen LogP contribution is 2.18. The number of hydrogen-bond donors (Lipinski definition) is 1. The van der Waals surface area contributed by atoms with Gasteiger partial charge in [0, 0.05) is 24.2 Å². The number of carbonyl (C=O) groups excluding carboxylic acids is 1. The maximum atomic E-state index is 11.7. The van der Waals surface area contributed by atoms with E-state index in [1.807, 2.05) is 30.3 Å². The molecule has 0 radical (unpaired) electrons. The Bertz CT molecular complexity index is 652. The van der Waals surface area contributed by atoms with Crippen molar-refractivity contribution < 1.29 is 9.53 Å². The molecule has 5 nitrogen and oxygen atoms in total. The van der Waals surface area contributed by atoms with Crippen LogP contribution in [0.5, 0.6) is 5.75 Å². The second-order valence-corrected chi connectivity index (χ2v) is 4.06. The van der Waals surface area contributed by atoms with E-state index in [1.54, 1.807) is 31.5 Å². The van der Waals surface area contributed by atoms with Crippen LogP contribution in [0, 0.1) is 0 Å². The molecule has 21 heavy (non-hydrogen) atoms. The van der Waals surface area contributed by atoms with E-state index in [4.69, 9.17) is 4.74 Å². The van der Waals surface area contributed by atoms with Crippen LogP contribution in [0.1, 0.15) is 15.9 Å². The lowest BCUT2D eigenvalue weighted by Crippen LogP contribution is -2.17. The van der Waals surface area contributed by atoms with Crippen molar-refractivity contribution in [2.75, 3.05) is 7.11 Å². The number of benzene rings is 1. The van der Waals surface area contributed by atoms with E-state index < -0.39 is 0 Å². The Labute approximate surface area is 123 Å². The van der Waals surface area contributed by atoms with Crippen molar-refractivity contribution in [3.63, 3.8) is 0 Å². The van der Waals surface area contributed by atoms with E-state index in [1.165, 1.54) is 12.4 Å². The first kappa shape index (κ1) is 14.5. The molecular weight excluding hydrogens is 266 g/mol. The third kappa shape index (κ3) is 4.28. The predicted octanol–water partition coefficient (Wildman–Crippen LogP) is 2.52. The number of pyridine rings is 1. The molecule has 0 spiro atoms. The van der Waals surface area contributed by atoms with Crippen LogP contribution in [0.25, 0.3) is 6.08 Å². The molecule has 0 aliphatic carbocycles. The highest BCUT2D eigenvalue weighted by Gasteiger charge is 2.01. The van der Waals surface area contributed by atoms with Crippen molar-refractivity contribution in [1.82, 2.24) is 10.4 Å². The summed E-state index contributed by atoms with van der Waals surface area (Å²) in [6.45, 7) is 0. The van der Waals surface area contributed by atoms with Crippen LogP contribution in [-0.2, 0) is 0 Å². The number of carbonyl (C=O) groups is 1. The second-order valence-electron chi connectivity index (χ2n) is 4.06. The van der Waals surface area contributed by atoms with Crippen LogP contribution in [0.4, 0.5) is 0 Å². The fourth-order valence-electron chi connectivity index (χ4n) is 1.65. The van der Waals surface area contributed by atoms with Gasteiger partial charge >= 0.3 is 0 Å². The molecule has 0 aliphatic heterocycles. The van der Waals surface area contributed by atoms with Gasteiger partial charge in [-0.1, -0.05) is 18.2 Å². The maximum absolute atomic E-state index is 11.7. The van der Waals surface area contributed by atoms with Crippen molar-refractivity contribution in [2.24, 2.45) is 5.10 Å². The normalized spacial score (nSPS) is 10.9. The summed E-state index contributed by atoms with van der Waals surface area (Å²) in [7, 11) is 1.62. The molecule has 0 aliphatic rings. The molecule has 1 heterocycles. The number of methoxy groups -OCH3 is 1. The first-order chi connectivity index (χ1) is 10.3. The predicted molar refractivity (Wildman–Crippen MR) is 82.2 cm³/mol. The van der Waals surface area contributed by atoms with Crippen LogP contribution < -0.4 is 10.2 Å². The minimum Gasteiger partial charge on any atom is -0.496 e. The zero-order valence-corrected chi connectivity index (χ0v) is 11.6. The standard InChI is InChI=1S/C16H15N3O2/c1-21-15-9-3-2-6-13(15)7-5-11-18-19-16(20)14-8-4-10-17-12-14/h2-12H,1H3,(H,19,20)/b7-5-,18-11+. The molecule has 1 aromatic carbocycles. The SMILES string of the molecule is COc1ccccc1/C=C\C=N\NC(=O)c1cccnc1. The number of rotatable bonds is 5. The number of aromatic nitrogens is 1. The Morgan fingerprint density at radius 3 is 2.90 bits per heavy atom. The van der Waals surface area contributed by atoms with Gasteiger partial charge in [-0.05, 0) is 30.4 Å². The van der Waals surface area contributed by atoms with Crippen LogP contribution >= 0.6 is 0 Å². The number of nitrogens with one attached hydrogen (secondary N) is 1. The minimum atomic E-state index is -0.301. The number of hydrogen-bond acceptors (Lipinski definition) is 4. The van der Waals surface area contributed by atoms with Gasteiger partial charge in [0.1, 0.15) is 5.75 Å². The molecule has 0 bridgehead atoms. The largest absolute Gasteiger partial charge is 0.496 e. The monoisotopic (exact) mass is 281 g/mol. The molecule has 1 amide bonds. The van der Waals surface area contributed by atoms with Gasteiger partial charge in [-0.15, -0.1) is 0 Å². The van der Waals surface area contributed by atoms with Gasteiger partial charge in [0.25, 0.3) is 5.91 Å². The zero-order valence-electron chi connectivity index (χ0n) is 11.6. The summed E-state index contributed by atoms with van der Waals surface area (Å²) in [5, 5.41) is 3.84. The van der Waals surface area contributed by atoms with Gasteiger partial charge in [0.05, 0.1) is 12.7 Å². The third-order valence-electron chi connectivity index (χ3n) is 2.67. The molecule has 2 rings (SSSR count). The molecule has 2 aromatic rings. The van der Waals surface area contributed by atoms with Crippen molar-refractivity contribution in [3.8, 4) is 5.75 Å². The van der Waals surface area contributed by atoms with E-state index in [-0.39, 0.29) is 5.91 Å². The van der Waals surface area contributed by atoms with Crippen LogP contribution in [0.3, 0.4) is 0 Å². The summed E-state index contributed by atoms with van der Waals surface area (Å²) in [4.78, 5) is 15.5. The van der Waals surface area contributed by atoms with Crippen LogP contribution in [0.2, 0.25) is 0 Å². The number of para-hydroxylation sites is 1. The van der Waals surface area contributed by atoms with Gasteiger partial charge in [-0.3, -0.25) is 9.78 Å². The van der Waals surface area contributed by atoms with Gasteiger partial charge in [-0.25, -0.2) is 5.43 Å². The minimum absolute atomic E-state index is 0.301. The van der Waals surface area contributed by atoms with Crippen LogP contribution in [0.15, 0.2) is 60.0 Å². The maximum Gasteiger partial charge on any atom is 0.272 e. The number of ether oxygens (including phenoxy) is 1.